The van der Waals surface area contributed by atoms with Gasteiger partial charge in [-0.15, -0.1) is 0 Å². The SMILES string of the molecule is COc1ccc(OC)c(C(=O)NCC(C)(O)CC(C)C)c1. The molecule has 0 fully saturated rings. The van der Waals surface area contributed by atoms with Crippen LogP contribution in [0.2, 0.25) is 0 Å². The fraction of sp³-hybridized carbons (Fsp3) is 0.562. The van der Waals surface area contributed by atoms with E-state index in [1.54, 1.807) is 25.1 Å². The summed E-state index contributed by atoms with van der Waals surface area (Å²) in [6.07, 6.45) is 0.614. The second-order valence-corrected chi connectivity index (χ2v) is 5.84. The predicted molar refractivity (Wildman–Crippen MR) is 82.0 cm³/mol. The highest BCUT2D eigenvalue weighted by Gasteiger charge is 2.23. The number of amides is 1. The highest BCUT2D eigenvalue weighted by molar-refractivity contribution is 5.97. The summed E-state index contributed by atoms with van der Waals surface area (Å²) in [6, 6.07) is 5.02. The standard InChI is InChI=1S/C16H25NO4/c1-11(2)9-16(3,19)10-17-15(18)13-8-12(20-4)6-7-14(13)21-5/h6-8,11,19H,9-10H2,1-5H3,(H,17,18). The van der Waals surface area contributed by atoms with E-state index in [4.69, 9.17) is 9.47 Å². The van der Waals surface area contributed by atoms with Crippen molar-refractivity contribution < 1.29 is 19.4 Å². The fourth-order valence-corrected chi connectivity index (χ4v) is 2.31. The van der Waals surface area contributed by atoms with Crippen LogP contribution in [0.5, 0.6) is 11.5 Å². The Balaban J connectivity index is 2.80. The second-order valence-electron chi connectivity index (χ2n) is 5.84. The Kier molecular flexibility index (Phi) is 6.03. The number of carbonyl (C=O) groups excluding carboxylic acids is 1. The number of hydrogen-bond donors (Lipinski definition) is 2. The minimum absolute atomic E-state index is 0.185. The van der Waals surface area contributed by atoms with Gasteiger partial charge in [0.2, 0.25) is 0 Å². The van der Waals surface area contributed by atoms with E-state index < -0.39 is 5.60 Å². The van der Waals surface area contributed by atoms with Crippen molar-refractivity contribution in [2.24, 2.45) is 5.92 Å². The average Bonchev–Trinajstić information content (AvgIpc) is 2.42. The normalized spacial score (nSPS) is 13.7. The van der Waals surface area contributed by atoms with E-state index in [0.717, 1.165) is 0 Å². The Morgan fingerprint density at radius 1 is 1.33 bits per heavy atom. The third kappa shape index (κ3) is 5.27. The molecule has 0 aliphatic heterocycles. The van der Waals surface area contributed by atoms with Crippen molar-refractivity contribution in [1.29, 1.82) is 0 Å². The lowest BCUT2D eigenvalue weighted by Gasteiger charge is -2.25. The minimum atomic E-state index is -0.935. The highest BCUT2D eigenvalue weighted by atomic mass is 16.5. The lowest BCUT2D eigenvalue weighted by Crippen LogP contribution is -2.41. The van der Waals surface area contributed by atoms with Crippen molar-refractivity contribution in [3.05, 3.63) is 23.8 Å². The summed E-state index contributed by atoms with van der Waals surface area (Å²) in [5, 5.41) is 13.0. The first-order chi connectivity index (χ1) is 9.79. The van der Waals surface area contributed by atoms with Gasteiger partial charge in [-0.2, -0.15) is 0 Å². The molecule has 1 unspecified atom stereocenters. The molecule has 2 N–H and O–H groups in total. The molecule has 21 heavy (non-hydrogen) atoms. The molecular formula is C16H25NO4. The smallest absolute Gasteiger partial charge is 0.255 e. The van der Waals surface area contributed by atoms with Gasteiger partial charge in [-0.25, -0.2) is 0 Å². The van der Waals surface area contributed by atoms with Gasteiger partial charge in [0.1, 0.15) is 11.5 Å². The maximum Gasteiger partial charge on any atom is 0.255 e. The van der Waals surface area contributed by atoms with E-state index in [1.165, 1.54) is 14.2 Å². The van der Waals surface area contributed by atoms with Crippen LogP contribution < -0.4 is 14.8 Å². The maximum atomic E-state index is 12.3. The number of aliphatic hydroxyl groups is 1. The number of hydrogen-bond acceptors (Lipinski definition) is 4. The lowest BCUT2D eigenvalue weighted by molar-refractivity contribution is 0.0368. The molecule has 118 valence electrons. The Labute approximate surface area is 126 Å². The van der Waals surface area contributed by atoms with Crippen LogP contribution in [0.1, 0.15) is 37.6 Å². The first-order valence-corrected chi connectivity index (χ1v) is 7.01. The van der Waals surface area contributed by atoms with Crippen LogP contribution in [0, 0.1) is 5.92 Å². The van der Waals surface area contributed by atoms with Gasteiger partial charge in [0.05, 0.1) is 25.4 Å². The number of rotatable bonds is 7. The van der Waals surface area contributed by atoms with Gasteiger partial charge in [0, 0.05) is 6.54 Å². The van der Waals surface area contributed by atoms with E-state index in [9.17, 15) is 9.90 Å². The van der Waals surface area contributed by atoms with E-state index in [-0.39, 0.29) is 12.5 Å². The summed E-state index contributed by atoms with van der Waals surface area (Å²) in [5.41, 5.74) is -0.548. The first kappa shape index (κ1) is 17.3. The highest BCUT2D eigenvalue weighted by Crippen LogP contribution is 2.24. The minimum Gasteiger partial charge on any atom is -0.497 e. The largest absolute Gasteiger partial charge is 0.497 e. The quantitative estimate of drug-likeness (QED) is 0.809. The zero-order valence-electron chi connectivity index (χ0n) is 13.4. The summed E-state index contributed by atoms with van der Waals surface area (Å²) in [5.74, 6) is 1.10. The van der Waals surface area contributed by atoms with E-state index in [0.29, 0.717) is 29.4 Å². The summed E-state index contributed by atoms with van der Waals surface area (Å²) in [7, 11) is 3.05. The van der Waals surface area contributed by atoms with Crippen LogP contribution in [0.25, 0.3) is 0 Å². The molecule has 1 amide bonds. The van der Waals surface area contributed by atoms with E-state index >= 15 is 0 Å². The van der Waals surface area contributed by atoms with Crippen LogP contribution in [0.15, 0.2) is 18.2 Å². The molecule has 0 radical (unpaired) electrons. The molecule has 1 atom stereocenters. The molecule has 0 spiro atoms. The molecule has 1 rings (SSSR count). The molecule has 0 aliphatic carbocycles. The summed E-state index contributed by atoms with van der Waals surface area (Å²) in [4.78, 5) is 12.3. The Bertz CT molecular complexity index is 483. The molecular weight excluding hydrogens is 270 g/mol. The average molecular weight is 295 g/mol. The van der Waals surface area contributed by atoms with Gasteiger partial charge in [-0.1, -0.05) is 13.8 Å². The van der Waals surface area contributed by atoms with Crippen LogP contribution in [0.4, 0.5) is 0 Å². The van der Waals surface area contributed by atoms with Gasteiger partial charge >= 0.3 is 0 Å². The van der Waals surface area contributed by atoms with Gasteiger partial charge in [-0.05, 0) is 37.5 Å². The summed E-state index contributed by atoms with van der Waals surface area (Å²) >= 11 is 0. The molecule has 0 bridgehead atoms. The van der Waals surface area contributed by atoms with Crippen molar-refractivity contribution in [3.63, 3.8) is 0 Å². The van der Waals surface area contributed by atoms with Crippen LogP contribution in [0.3, 0.4) is 0 Å². The molecule has 1 aromatic carbocycles. The lowest BCUT2D eigenvalue weighted by atomic mass is 9.94. The van der Waals surface area contributed by atoms with Crippen molar-refractivity contribution in [3.8, 4) is 11.5 Å². The number of ether oxygens (including phenoxy) is 2. The topological polar surface area (TPSA) is 67.8 Å². The molecule has 5 nitrogen and oxygen atoms in total. The third-order valence-electron chi connectivity index (χ3n) is 3.13. The predicted octanol–water partition coefficient (Wildman–Crippen LogP) is 2.23. The molecule has 0 heterocycles. The monoisotopic (exact) mass is 295 g/mol. The van der Waals surface area contributed by atoms with E-state index in [2.05, 4.69) is 5.32 Å². The Morgan fingerprint density at radius 2 is 2.00 bits per heavy atom. The van der Waals surface area contributed by atoms with Crippen LogP contribution >= 0.6 is 0 Å². The molecule has 0 saturated heterocycles. The first-order valence-electron chi connectivity index (χ1n) is 7.01. The van der Waals surface area contributed by atoms with Gasteiger partial charge in [0.25, 0.3) is 5.91 Å². The Hall–Kier alpha value is -1.75. The number of methoxy groups -OCH3 is 2. The van der Waals surface area contributed by atoms with Gasteiger partial charge in [-0.3, -0.25) is 4.79 Å². The van der Waals surface area contributed by atoms with Crippen LogP contribution in [-0.2, 0) is 0 Å². The number of carbonyl (C=O) groups is 1. The number of benzene rings is 1. The molecule has 0 saturated carbocycles. The molecule has 0 aromatic heterocycles. The van der Waals surface area contributed by atoms with Crippen molar-refractivity contribution >= 4 is 5.91 Å². The van der Waals surface area contributed by atoms with Crippen molar-refractivity contribution in [2.45, 2.75) is 32.8 Å². The number of nitrogens with one attached hydrogen (secondary N) is 1. The zero-order valence-corrected chi connectivity index (χ0v) is 13.4. The molecule has 1 aromatic rings. The van der Waals surface area contributed by atoms with Crippen LogP contribution in [-0.4, -0.2) is 37.4 Å². The summed E-state index contributed by atoms with van der Waals surface area (Å²) in [6.45, 7) is 5.96. The summed E-state index contributed by atoms with van der Waals surface area (Å²) < 4.78 is 10.3. The second kappa shape index (κ2) is 7.31. The fourth-order valence-electron chi connectivity index (χ4n) is 2.31. The molecule has 0 aliphatic rings. The molecule has 5 heteroatoms. The van der Waals surface area contributed by atoms with Gasteiger partial charge < -0.3 is 19.9 Å². The zero-order chi connectivity index (χ0) is 16.0. The van der Waals surface area contributed by atoms with Crippen molar-refractivity contribution in [2.75, 3.05) is 20.8 Å². The van der Waals surface area contributed by atoms with Crippen molar-refractivity contribution in [1.82, 2.24) is 5.32 Å². The van der Waals surface area contributed by atoms with E-state index in [1.807, 2.05) is 13.8 Å². The maximum absolute atomic E-state index is 12.3. The van der Waals surface area contributed by atoms with Gasteiger partial charge in [0.15, 0.2) is 0 Å². The third-order valence-corrected chi connectivity index (χ3v) is 3.13. The Morgan fingerprint density at radius 3 is 2.52 bits per heavy atom.